The lowest BCUT2D eigenvalue weighted by molar-refractivity contribution is 0.292. The number of thiazole rings is 1. The first-order valence-electron chi connectivity index (χ1n) is 13.4. The average molecular weight is 706 g/mol. The number of hydrogen-bond donors (Lipinski definition) is 1. The van der Waals surface area contributed by atoms with Gasteiger partial charge in [-0.1, -0.05) is 18.2 Å². The van der Waals surface area contributed by atoms with Crippen LogP contribution >= 0.6 is 27.3 Å². The van der Waals surface area contributed by atoms with Gasteiger partial charge >= 0.3 is 0 Å². The van der Waals surface area contributed by atoms with E-state index in [4.69, 9.17) is 9.47 Å². The molecule has 14 heteroatoms. The summed E-state index contributed by atoms with van der Waals surface area (Å²) in [6.07, 6.45) is 4.75. The van der Waals surface area contributed by atoms with Gasteiger partial charge in [0.15, 0.2) is 5.05 Å². The summed E-state index contributed by atoms with van der Waals surface area (Å²) in [6, 6.07) is 18.9. The van der Waals surface area contributed by atoms with Crippen molar-refractivity contribution >= 4 is 65.0 Å². The molecule has 0 radical (unpaired) electrons. The Hall–Kier alpha value is -4.63. The highest BCUT2D eigenvalue weighted by Crippen LogP contribution is 2.32. The minimum absolute atomic E-state index is 0.0128. The molecule has 226 valence electrons. The van der Waals surface area contributed by atoms with Crippen molar-refractivity contribution in [2.24, 2.45) is 0 Å². The van der Waals surface area contributed by atoms with E-state index in [1.165, 1.54) is 29.8 Å². The van der Waals surface area contributed by atoms with E-state index in [0.29, 0.717) is 43.6 Å². The number of nitrogens with zero attached hydrogens (tertiary/aromatic N) is 5. The molecule has 0 saturated carbocycles. The first-order valence-corrected chi connectivity index (χ1v) is 16.1. The van der Waals surface area contributed by atoms with Gasteiger partial charge in [0.05, 0.1) is 34.0 Å². The van der Waals surface area contributed by atoms with E-state index in [1.54, 1.807) is 42.7 Å². The summed E-state index contributed by atoms with van der Waals surface area (Å²) in [7, 11) is -2.53. The summed E-state index contributed by atoms with van der Waals surface area (Å²) in [4.78, 5) is 22.1. The molecule has 10 nitrogen and oxygen atoms in total. The average Bonchev–Trinajstić information content (AvgIpc) is 3.52. The lowest BCUT2D eigenvalue weighted by Crippen LogP contribution is -2.10. The van der Waals surface area contributed by atoms with Crippen molar-refractivity contribution in [2.45, 2.75) is 19.6 Å². The van der Waals surface area contributed by atoms with E-state index in [9.17, 15) is 12.8 Å². The number of fused-ring (bicyclic) bond motifs is 1. The third-order valence-electron chi connectivity index (χ3n) is 6.41. The van der Waals surface area contributed by atoms with Gasteiger partial charge in [-0.3, -0.25) is 9.97 Å². The first kappa shape index (κ1) is 30.4. The van der Waals surface area contributed by atoms with Crippen LogP contribution in [0.3, 0.4) is 0 Å². The predicted octanol–water partition coefficient (Wildman–Crippen LogP) is 6.54. The maximum Gasteiger partial charge on any atom is 0.241 e. The van der Waals surface area contributed by atoms with Crippen molar-refractivity contribution in [3.8, 4) is 17.1 Å². The van der Waals surface area contributed by atoms with Gasteiger partial charge in [-0.05, 0) is 70.0 Å². The maximum absolute atomic E-state index is 13.5. The quantitative estimate of drug-likeness (QED) is 0.157. The second-order valence-electron chi connectivity index (χ2n) is 9.52. The molecular weight excluding hydrogens is 683 g/mol. The van der Waals surface area contributed by atoms with Gasteiger partial charge in [0.1, 0.15) is 41.9 Å². The van der Waals surface area contributed by atoms with Gasteiger partial charge in [0.2, 0.25) is 10.3 Å². The van der Waals surface area contributed by atoms with E-state index in [2.05, 4.69) is 46.2 Å². The molecule has 0 aliphatic heterocycles. The molecule has 1 N–H and O–H groups in total. The van der Waals surface area contributed by atoms with Crippen LogP contribution in [0.15, 0.2) is 95.3 Å². The summed E-state index contributed by atoms with van der Waals surface area (Å²) < 4.78 is 49.1. The molecule has 45 heavy (non-hydrogen) atoms. The van der Waals surface area contributed by atoms with E-state index in [0.717, 1.165) is 16.6 Å². The maximum atomic E-state index is 13.5. The lowest BCUT2D eigenvalue weighted by Gasteiger charge is -2.12. The number of pyridine rings is 2. The molecule has 2 aromatic carbocycles. The number of aromatic nitrogens is 5. The molecule has 0 aliphatic rings. The molecule has 0 atom stereocenters. The third-order valence-corrected chi connectivity index (χ3v) is 8.48. The largest absolute Gasteiger partial charge is 0.488 e. The highest BCUT2D eigenvalue weighted by molar-refractivity contribution is 9.10. The van der Waals surface area contributed by atoms with Crippen LogP contribution in [0, 0.1) is 5.82 Å². The Morgan fingerprint density at radius 3 is 2.67 bits per heavy atom. The zero-order chi connectivity index (χ0) is 31.2. The summed E-state index contributed by atoms with van der Waals surface area (Å²) in [5.41, 5.74) is 3.89. The summed E-state index contributed by atoms with van der Waals surface area (Å²) in [6.45, 7) is 0.212. The van der Waals surface area contributed by atoms with Crippen LogP contribution in [0.4, 0.5) is 15.9 Å². The van der Waals surface area contributed by atoms with Gasteiger partial charge in [-0.15, -0.1) is 11.3 Å². The van der Waals surface area contributed by atoms with Crippen molar-refractivity contribution in [3.05, 3.63) is 117 Å². The van der Waals surface area contributed by atoms with Crippen LogP contribution in [0.25, 0.3) is 22.3 Å². The number of benzene rings is 2. The Kier molecular flexibility index (Phi) is 9.45. The molecule has 0 amide bonds. The van der Waals surface area contributed by atoms with Crippen LogP contribution in [0.1, 0.15) is 16.3 Å². The number of ether oxygens (including phenoxy) is 2. The number of rotatable bonds is 10. The monoisotopic (exact) mass is 704 g/mol. The van der Waals surface area contributed by atoms with E-state index in [-0.39, 0.29) is 30.5 Å². The van der Waals surface area contributed by atoms with Crippen molar-refractivity contribution in [1.82, 2.24) is 24.9 Å². The van der Waals surface area contributed by atoms with Crippen molar-refractivity contribution in [2.75, 3.05) is 5.32 Å². The van der Waals surface area contributed by atoms with Gasteiger partial charge in [-0.25, -0.2) is 19.3 Å². The molecule has 4 heterocycles. The fraction of sp³-hybridized carbons (Fsp3) is 0.0968. The van der Waals surface area contributed by atoms with Gasteiger partial charge in [-0.2, -0.15) is 8.42 Å². The molecule has 4 aromatic heterocycles. The Morgan fingerprint density at radius 2 is 1.87 bits per heavy atom. The first-order chi connectivity index (χ1) is 21.9. The highest BCUT2D eigenvalue weighted by atomic mass is 79.9. The van der Waals surface area contributed by atoms with Gasteiger partial charge in [0, 0.05) is 28.3 Å². The summed E-state index contributed by atoms with van der Waals surface area (Å²) >= 11 is 4.88. The second kappa shape index (κ2) is 14.0. The zero-order valence-electron chi connectivity index (χ0n) is 23.2. The molecule has 0 aliphatic carbocycles. The molecule has 0 unspecified atom stereocenters. The summed E-state index contributed by atoms with van der Waals surface area (Å²) in [5, 5.41) is 6.36. The SMILES string of the molecule is O=S(=O)=C(Cc1ccccn1)OCc1nc(-c2cc3c(Nc4ccc(OCc5cccc(F)c5)c(Br)c4)ncnc3cn2)cs1. The molecular formula is C31H22BrFN6O4S2. The fourth-order valence-electron chi connectivity index (χ4n) is 4.26. The smallest absolute Gasteiger partial charge is 0.241 e. The van der Waals surface area contributed by atoms with Crippen molar-refractivity contribution in [1.29, 1.82) is 0 Å². The van der Waals surface area contributed by atoms with E-state index in [1.807, 2.05) is 29.6 Å². The predicted molar refractivity (Wildman–Crippen MR) is 173 cm³/mol. The molecule has 6 aromatic rings. The Morgan fingerprint density at radius 1 is 0.956 bits per heavy atom. The van der Waals surface area contributed by atoms with E-state index < -0.39 is 10.3 Å². The van der Waals surface area contributed by atoms with Gasteiger partial charge < -0.3 is 14.8 Å². The highest BCUT2D eigenvalue weighted by Gasteiger charge is 2.13. The van der Waals surface area contributed by atoms with Crippen LogP contribution < -0.4 is 10.1 Å². The van der Waals surface area contributed by atoms with Crippen molar-refractivity contribution in [3.63, 3.8) is 0 Å². The Bertz CT molecular complexity index is 2120. The van der Waals surface area contributed by atoms with Crippen LogP contribution in [0.5, 0.6) is 5.75 Å². The molecule has 0 bridgehead atoms. The minimum Gasteiger partial charge on any atom is -0.488 e. The normalized spacial score (nSPS) is 11.0. The second-order valence-corrected chi connectivity index (χ2v) is 12.2. The van der Waals surface area contributed by atoms with E-state index >= 15 is 0 Å². The number of anilines is 2. The summed E-state index contributed by atoms with van der Waals surface area (Å²) in [5.74, 6) is 0.860. The van der Waals surface area contributed by atoms with Crippen molar-refractivity contribution < 1.29 is 22.3 Å². The fourth-order valence-corrected chi connectivity index (χ4v) is 5.88. The zero-order valence-corrected chi connectivity index (χ0v) is 26.4. The number of halogens is 2. The number of nitrogens with one attached hydrogen (secondary N) is 1. The Labute approximate surface area is 270 Å². The van der Waals surface area contributed by atoms with Gasteiger partial charge in [0.25, 0.3) is 0 Å². The lowest BCUT2D eigenvalue weighted by atomic mass is 10.2. The van der Waals surface area contributed by atoms with Crippen LogP contribution in [0.2, 0.25) is 0 Å². The van der Waals surface area contributed by atoms with Crippen LogP contribution in [-0.2, 0) is 34.7 Å². The molecule has 0 fully saturated rings. The molecule has 0 spiro atoms. The minimum atomic E-state index is -2.53. The van der Waals surface area contributed by atoms with Crippen LogP contribution in [-0.4, -0.2) is 38.4 Å². The number of hydrogen-bond acceptors (Lipinski definition) is 11. The molecule has 0 saturated heterocycles. The molecule has 6 rings (SSSR count). The Balaban J connectivity index is 1.16. The topological polar surface area (TPSA) is 129 Å². The standard InChI is InChI=1S/C31H22BrFN6O4S2/c32-24-11-22(7-8-28(24)42-15-19-4-3-5-20(33)10-19)38-31-23-13-25(35-14-26(23)36-18-37-31)27-17-44-29(39-27)16-43-30(45(40)41)12-21-6-1-2-9-34-21/h1-11,13-14,17-18H,12,15-16H2,(H,36,37,38). The third kappa shape index (κ3) is 7.72.